The SMILES string of the molecule is COc1cc([C@H]2C3=CC[C@@H]4C(=O)N(c5ccc(-c6nc7ccccc7o6)cc5)C(=O)[C@@H]4[C@@H]3C[C@H]3C(=O)N(c4ccccc4)C(=O)[C@@]23C)cc(Cl)c1O. The fraction of sp³-hybridized carbons (Fsp3) is 0.244. The number of hydrogen-bond acceptors (Lipinski definition) is 8. The number of carbonyl (C=O) groups excluding carboxylic acids is 4. The number of ether oxygens (including phenoxy) is 1. The number of hydrogen-bond donors (Lipinski definition) is 1. The Kier molecular flexibility index (Phi) is 7.21. The maximum Gasteiger partial charge on any atom is 0.241 e. The van der Waals surface area contributed by atoms with Crippen LogP contribution in [-0.2, 0) is 19.2 Å². The number of allylic oxidation sites excluding steroid dienone is 2. The summed E-state index contributed by atoms with van der Waals surface area (Å²) >= 11 is 6.53. The monoisotopic (exact) mass is 713 g/mol. The number of imide groups is 2. The lowest BCUT2D eigenvalue weighted by Gasteiger charge is -2.49. The van der Waals surface area contributed by atoms with E-state index in [1.54, 1.807) is 67.6 Å². The lowest BCUT2D eigenvalue weighted by Crippen LogP contribution is -2.48. The Bertz CT molecular complexity index is 2340. The molecule has 1 aromatic heterocycles. The van der Waals surface area contributed by atoms with Crippen LogP contribution in [-0.4, -0.2) is 40.8 Å². The molecule has 2 aliphatic heterocycles. The zero-order valence-electron chi connectivity index (χ0n) is 28.2. The molecule has 4 aliphatic rings. The summed E-state index contributed by atoms with van der Waals surface area (Å²) in [7, 11) is 1.41. The molecule has 4 aromatic carbocycles. The molecule has 5 aromatic rings. The Hall–Kier alpha value is -5.74. The first-order valence-corrected chi connectivity index (χ1v) is 17.5. The Morgan fingerprint density at radius 1 is 0.865 bits per heavy atom. The molecular formula is C41H32ClN3O7. The van der Waals surface area contributed by atoms with Crippen molar-refractivity contribution in [1.82, 2.24) is 4.98 Å². The number of oxazole rings is 1. The minimum atomic E-state index is -1.26. The first-order valence-electron chi connectivity index (χ1n) is 17.2. The zero-order valence-corrected chi connectivity index (χ0v) is 28.9. The number of nitrogens with zero attached hydrogens (tertiary/aromatic N) is 3. The maximum atomic E-state index is 14.6. The summed E-state index contributed by atoms with van der Waals surface area (Å²) in [6, 6.07) is 26.5. The van der Waals surface area contributed by atoms with Crippen LogP contribution in [0.25, 0.3) is 22.6 Å². The molecule has 0 spiro atoms. The number of amides is 4. The van der Waals surface area contributed by atoms with E-state index < -0.39 is 35.0 Å². The van der Waals surface area contributed by atoms with E-state index in [1.165, 1.54) is 16.9 Å². The number of phenols is 1. The van der Waals surface area contributed by atoms with E-state index in [2.05, 4.69) is 4.98 Å². The molecule has 6 atom stereocenters. The van der Waals surface area contributed by atoms with E-state index >= 15 is 0 Å². The van der Waals surface area contributed by atoms with Crippen molar-refractivity contribution in [2.75, 3.05) is 16.9 Å². The number of aromatic hydroxyl groups is 1. The van der Waals surface area contributed by atoms with Gasteiger partial charge in [0.05, 0.1) is 46.7 Å². The summed E-state index contributed by atoms with van der Waals surface area (Å²) < 4.78 is 11.4. The first-order chi connectivity index (χ1) is 25.1. The summed E-state index contributed by atoms with van der Waals surface area (Å²) in [6.07, 6.45) is 2.46. The highest BCUT2D eigenvalue weighted by atomic mass is 35.5. The number of fused-ring (bicyclic) bond motifs is 5. The molecule has 1 N–H and O–H groups in total. The molecule has 3 fully saturated rings. The van der Waals surface area contributed by atoms with Gasteiger partial charge in [0.15, 0.2) is 17.1 Å². The Balaban J connectivity index is 1.11. The third-order valence-corrected chi connectivity index (χ3v) is 11.8. The molecule has 9 rings (SSSR count). The maximum absolute atomic E-state index is 14.6. The summed E-state index contributed by atoms with van der Waals surface area (Å²) in [4.78, 5) is 64.7. The number of carbonyl (C=O) groups is 4. The Morgan fingerprint density at radius 3 is 2.31 bits per heavy atom. The molecule has 2 aliphatic carbocycles. The van der Waals surface area contributed by atoms with Gasteiger partial charge in [-0.2, -0.15) is 0 Å². The molecule has 52 heavy (non-hydrogen) atoms. The third kappa shape index (κ3) is 4.46. The minimum absolute atomic E-state index is 0.0298. The van der Waals surface area contributed by atoms with Crippen LogP contribution < -0.4 is 14.5 Å². The van der Waals surface area contributed by atoms with Crippen molar-refractivity contribution in [3.63, 3.8) is 0 Å². The summed E-state index contributed by atoms with van der Waals surface area (Å²) in [5, 5.41) is 10.7. The van der Waals surface area contributed by atoms with Gasteiger partial charge >= 0.3 is 0 Å². The highest BCUT2D eigenvalue weighted by Gasteiger charge is 2.67. The molecular weight excluding hydrogens is 682 g/mol. The normalized spacial score (nSPS) is 26.8. The molecule has 10 nitrogen and oxygen atoms in total. The number of anilines is 2. The smallest absolute Gasteiger partial charge is 0.241 e. The Morgan fingerprint density at radius 2 is 1.58 bits per heavy atom. The molecule has 3 heterocycles. The van der Waals surface area contributed by atoms with Gasteiger partial charge in [-0.15, -0.1) is 0 Å². The van der Waals surface area contributed by atoms with Gasteiger partial charge in [0.2, 0.25) is 29.5 Å². The van der Waals surface area contributed by atoms with Crippen molar-refractivity contribution in [2.45, 2.75) is 25.7 Å². The molecule has 260 valence electrons. The second kappa shape index (κ2) is 11.6. The average Bonchev–Trinajstić information content (AvgIpc) is 3.76. The molecule has 11 heteroatoms. The van der Waals surface area contributed by atoms with E-state index in [4.69, 9.17) is 20.8 Å². The highest BCUT2D eigenvalue weighted by molar-refractivity contribution is 6.32. The largest absolute Gasteiger partial charge is 0.503 e. The first kappa shape index (κ1) is 32.2. The second-order valence-corrected chi connectivity index (χ2v) is 14.5. The van der Waals surface area contributed by atoms with Gasteiger partial charge in [0.1, 0.15) is 5.52 Å². The van der Waals surface area contributed by atoms with Gasteiger partial charge in [-0.1, -0.05) is 53.6 Å². The van der Waals surface area contributed by atoms with Crippen LogP contribution in [0, 0.1) is 29.1 Å². The van der Waals surface area contributed by atoms with Gasteiger partial charge in [-0.25, -0.2) is 9.88 Å². The van der Waals surface area contributed by atoms with E-state index in [0.717, 1.165) is 11.1 Å². The predicted molar refractivity (Wildman–Crippen MR) is 193 cm³/mol. The van der Waals surface area contributed by atoms with Gasteiger partial charge < -0.3 is 14.3 Å². The van der Waals surface area contributed by atoms with Crippen LogP contribution in [0.4, 0.5) is 11.4 Å². The van der Waals surface area contributed by atoms with Crippen LogP contribution >= 0.6 is 11.6 Å². The van der Waals surface area contributed by atoms with Gasteiger partial charge in [0.25, 0.3) is 0 Å². The summed E-state index contributed by atoms with van der Waals surface area (Å²) in [5.41, 5.74) is 3.08. The minimum Gasteiger partial charge on any atom is -0.503 e. The van der Waals surface area contributed by atoms with Crippen LogP contribution in [0.1, 0.15) is 31.2 Å². The van der Waals surface area contributed by atoms with E-state index in [-0.39, 0.29) is 53.0 Å². The van der Waals surface area contributed by atoms with Crippen LogP contribution in [0.2, 0.25) is 5.02 Å². The van der Waals surface area contributed by atoms with E-state index in [1.807, 2.05) is 36.4 Å². The van der Waals surface area contributed by atoms with Crippen molar-refractivity contribution < 1.29 is 33.4 Å². The molecule has 0 radical (unpaired) electrons. The highest BCUT2D eigenvalue weighted by Crippen LogP contribution is 2.64. The molecule has 0 unspecified atom stereocenters. The fourth-order valence-corrected chi connectivity index (χ4v) is 9.36. The summed E-state index contributed by atoms with van der Waals surface area (Å²) in [6.45, 7) is 1.80. The number of halogens is 1. The van der Waals surface area contributed by atoms with Crippen LogP contribution in [0.3, 0.4) is 0 Å². The van der Waals surface area contributed by atoms with Crippen molar-refractivity contribution in [2.24, 2.45) is 29.1 Å². The molecule has 2 saturated heterocycles. The molecule has 1 saturated carbocycles. The number of phenolic OH excluding ortho intramolecular Hbond substituents is 1. The average molecular weight is 714 g/mol. The number of benzene rings is 4. The zero-order chi connectivity index (χ0) is 36.1. The van der Waals surface area contributed by atoms with Gasteiger partial charge in [0, 0.05) is 11.5 Å². The van der Waals surface area contributed by atoms with Crippen LogP contribution in [0.5, 0.6) is 11.5 Å². The van der Waals surface area contributed by atoms with E-state index in [9.17, 15) is 24.3 Å². The number of methoxy groups -OCH3 is 1. The summed E-state index contributed by atoms with van der Waals surface area (Å²) in [5.74, 6) is -4.49. The van der Waals surface area contributed by atoms with E-state index in [0.29, 0.717) is 34.0 Å². The number of aromatic nitrogens is 1. The number of para-hydroxylation sites is 3. The molecule has 4 amide bonds. The van der Waals surface area contributed by atoms with Crippen molar-refractivity contribution in [3.8, 4) is 23.0 Å². The van der Waals surface area contributed by atoms with Crippen molar-refractivity contribution in [3.05, 3.63) is 113 Å². The predicted octanol–water partition coefficient (Wildman–Crippen LogP) is 7.30. The van der Waals surface area contributed by atoms with Crippen molar-refractivity contribution >= 4 is 57.7 Å². The lowest BCUT2D eigenvalue weighted by molar-refractivity contribution is -0.131. The third-order valence-electron chi connectivity index (χ3n) is 11.6. The Labute approximate surface area is 303 Å². The van der Waals surface area contributed by atoms with Gasteiger partial charge in [-0.05, 0) is 91.9 Å². The standard InChI is InChI=1S/C41H32ClN3O7/c1-41-28(38(48)45(40(41)50)23-8-4-3-5-9-23)20-27-25(34(41)22-18-29(42)35(46)32(19-22)51-2)16-17-26-33(27)39(49)44(37(26)47)24-14-12-21(13-15-24)36-43-30-10-6-7-11-31(30)52-36/h3-16,18-19,26-28,33-34,46H,17,20H2,1-2H3/t26-,27+,28-,33-,34-,41+/m0/s1. The van der Waals surface area contributed by atoms with Gasteiger partial charge in [-0.3, -0.25) is 24.1 Å². The second-order valence-electron chi connectivity index (χ2n) is 14.1. The number of rotatable bonds is 5. The lowest BCUT2D eigenvalue weighted by atomic mass is 9.51. The fourth-order valence-electron chi connectivity index (χ4n) is 9.14. The van der Waals surface area contributed by atoms with Crippen LogP contribution in [0.15, 0.2) is 107 Å². The molecule has 0 bridgehead atoms. The quantitative estimate of drug-likeness (QED) is 0.148. The topological polar surface area (TPSA) is 130 Å². The van der Waals surface area contributed by atoms with Crippen molar-refractivity contribution in [1.29, 1.82) is 0 Å².